The van der Waals surface area contributed by atoms with Gasteiger partial charge in [0.2, 0.25) is 10.0 Å². The molecule has 1 N–H and O–H groups in total. The Balaban J connectivity index is 1.75. The van der Waals surface area contributed by atoms with Crippen molar-refractivity contribution in [1.29, 1.82) is 0 Å². The monoisotopic (exact) mass is 323 g/mol. The lowest BCUT2D eigenvalue weighted by Gasteiger charge is -2.22. The van der Waals surface area contributed by atoms with E-state index in [1.54, 1.807) is 16.4 Å². The molecule has 22 heavy (non-hydrogen) atoms. The molecule has 2 aliphatic heterocycles. The molecule has 0 aliphatic carbocycles. The first-order chi connectivity index (χ1) is 10.4. The highest BCUT2D eigenvalue weighted by atomic mass is 32.2. The third kappa shape index (κ3) is 3.06. The smallest absolute Gasteiger partial charge is 0.243 e. The van der Waals surface area contributed by atoms with Gasteiger partial charge in [0.1, 0.15) is 0 Å². The van der Waals surface area contributed by atoms with Crippen LogP contribution in [0.2, 0.25) is 0 Å². The Labute approximate surface area is 133 Å². The van der Waals surface area contributed by atoms with Gasteiger partial charge in [-0.2, -0.15) is 4.31 Å². The van der Waals surface area contributed by atoms with Gasteiger partial charge in [0.15, 0.2) is 0 Å². The maximum absolute atomic E-state index is 12.8. The second-order valence-electron chi connectivity index (χ2n) is 6.90. The van der Waals surface area contributed by atoms with Crippen molar-refractivity contribution in [2.24, 2.45) is 5.41 Å². The molecule has 2 saturated heterocycles. The van der Waals surface area contributed by atoms with Crippen LogP contribution in [0.25, 0.3) is 0 Å². The SMILES string of the molecule is CN(C)Cc1ccc(S(=O)(=O)N2CCC3(CCNC3)C2)cc1. The fourth-order valence-electron chi connectivity index (χ4n) is 3.52. The molecule has 3 rings (SSSR count). The minimum atomic E-state index is -3.36. The second-order valence-corrected chi connectivity index (χ2v) is 8.84. The molecule has 1 aromatic rings. The maximum atomic E-state index is 12.8. The van der Waals surface area contributed by atoms with Crippen molar-refractivity contribution in [2.75, 3.05) is 40.3 Å². The Morgan fingerprint density at radius 2 is 1.95 bits per heavy atom. The zero-order valence-electron chi connectivity index (χ0n) is 13.4. The van der Waals surface area contributed by atoms with Gasteiger partial charge in [-0.25, -0.2) is 8.42 Å². The van der Waals surface area contributed by atoms with Crippen LogP contribution in [0.3, 0.4) is 0 Å². The maximum Gasteiger partial charge on any atom is 0.243 e. The van der Waals surface area contributed by atoms with Gasteiger partial charge in [0.25, 0.3) is 0 Å². The molecule has 2 heterocycles. The molecule has 0 aromatic heterocycles. The summed E-state index contributed by atoms with van der Waals surface area (Å²) in [5, 5.41) is 3.37. The fourth-order valence-corrected chi connectivity index (χ4v) is 5.08. The number of hydrogen-bond acceptors (Lipinski definition) is 4. The average Bonchev–Trinajstić information content (AvgIpc) is 3.10. The minimum Gasteiger partial charge on any atom is -0.316 e. The van der Waals surface area contributed by atoms with Gasteiger partial charge in [0.05, 0.1) is 4.90 Å². The molecule has 0 radical (unpaired) electrons. The van der Waals surface area contributed by atoms with Gasteiger partial charge < -0.3 is 10.2 Å². The normalized spacial score (nSPS) is 26.3. The van der Waals surface area contributed by atoms with Crippen molar-refractivity contribution in [3.63, 3.8) is 0 Å². The number of sulfonamides is 1. The molecule has 2 aliphatic rings. The molecule has 1 aromatic carbocycles. The zero-order chi connectivity index (χ0) is 15.8. The van der Waals surface area contributed by atoms with E-state index in [9.17, 15) is 8.42 Å². The first kappa shape index (κ1) is 15.9. The fraction of sp³-hybridized carbons (Fsp3) is 0.625. The number of nitrogens with zero attached hydrogens (tertiary/aromatic N) is 2. The van der Waals surface area contributed by atoms with Crippen molar-refractivity contribution in [3.05, 3.63) is 29.8 Å². The summed E-state index contributed by atoms with van der Waals surface area (Å²) < 4.78 is 27.3. The summed E-state index contributed by atoms with van der Waals surface area (Å²) in [5.74, 6) is 0. The van der Waals surface area contributed by atoms with Gasteiger partial charge in [-0.1, -0.05) is 12.1 Å². The third-order valence-electron chi connectivity index (χ3n) is 4.80. The van der Waals surface area contributed by atoms with E-state index in [4.69, 9.17) is 0 Å². The molecular weight excluding hydrogens is 298 g/mol. The van der Waals surface area contributed by atoms with E-state index in [0.717, 1.165) is 38.0 Å². The standard InChI is InChI=1S/C16H25N3O2S/c1-18(2)11-14-3-5-15(6-4-14)22(20,21)19-10-8-16(13-19)7-9-17-12-16/h3-6,17H,7-13H2,1-2H3. The van der Waals surface area contributed by atoms with Crippen LogP contribution in [0, 0.1) is 5.41 Å². The van der Waals surface area contributed by atoms with Crippen LogP contribution in [0.1, 0.15) is 18.4 Å². The second kappa shape index (κ2) is 5.92. The molecule has 0 amide bonds. The van der Waals surface area contributed by atoms with Crippen LogP contribution in [0.4, 0.5) is 0 Å². The number of nitrogens with one attached hydrogen (secondary N) is 1. The van der Waals surface area contributed by atoms with Crippen molar-refractivity contribution < 1.29 is 8.42 Å². The Morgan fingerprint density at radius 1 is 1.23 bits per heavy atom. The van der Waals surface area contributed by atoms with Gasteiger partial charge in [-0.15, -0.1) is 0 Å². The minimum absolute atomic E-state index is 0.165. The Kier molecular flexibility index (Phi) is 4.29. The highest BCUT2D eigenvalue weighted by Gasteiger charge is 2.44. The molecule has 0 saturated carbocycles. The largest absolute Gasteiger partial charge is 0.316 e. The van der Waals surface area contributed by atoms with Crippen molar-refractivity contribution in [2.45, 2.75) is 24.3 Å². The van der Waals surface area contributed by atoms with E-state index >= 15 is 0 Å². The van der Waals surface area contributed by atoms with E-state index in [1.807, 2.05) is 26.2 Å². The van der Waals surface area contributed by atoms with Crippen LogP contribution >= 0.6 is 0 Å². The topological polar surface area (TPSA) is 52.7 Å². The van der Waals surface area contributed by atoms with Crippen molar-refractivity contribution >= 4 is 10.0 Å². The number of rotatable bonds is 4. The highest BCUT2D eigenvalue weighted by Crippen LogP contribution is 2.38. The zero-order valence-corrected chi connectivity index (χ0v) is 14.2. The van der Waals surface area contributed by atoms with Crippen LogP contribution < -0.4 is 5.32 Å². The number of hydrogen-bond donors (Lipinski definition) is 1. The van der Waals surface area contributed by atoms with E-state index < -0.39 is 10.0 Å². The van der Waals surface area contributed by atoms with Crippen molar-refractivity contribution in [3.8, 4) is 0 Å². The van der Waals surface area contributed by atoms with Gasteiger partial charge in [-0.3, -0.25) is 0 Å². The average molecular weight is 323 g/mol. The Bertz CT molecular complexity index is 619. The van der Waals surface area contributed by atoms with Crippen LogP contribution in [0.15, 0.2) is 29.2 Å². The lowest BCUT2D eigenvalue weighted by molar-refractivity contribution is 0.338. The molecule has 5 nitrogen and oxygen atoms in total. The molecule has 1 atom stereocenters. The van der Waals surface area contributed by atoms with E-state index in [2.05, 4.69) is 10.2 Å². The summed E-state index contributed by atoms with van der Waals surface area (Å²) in [7, 11) is 0.652. The lowest BCUT2D eigenvalue weighted by Crippen LogP contribution is -2.33. The molecule has 122 valence electrons. The van der Waals surface area contributed by atoms with Crippen LogP contribution in [-0.4, -0.2) is 57.9 Å². The summed E-state index contributed by atoms with van der Waals surface area (Å²) >= 11 is 0. The van der Waals surface area contributed by atoms with Crippen molar-refractivity contribution in [1.82, 2.24) is 14.5 Å². The molecule has 6 heteroatoms. The predicted octanol–water partition coefficient (Wildman–Crippen LogP) is 1.12. The van der Waals surface area contributed by atoms with Crippen LogP contribution in [0.5, 0.6) is 0 Å². The summed E-state index contributed by atoms with van der Waals surface area (Å²) in [4.78, 5) is 2.49. The molecule has 1 spiro atoms. The quantitative estimate of drug-likeness (QED) is 0.902. The highest BCUT2D eigenvalue weighted by molar-refractivity contribution is 7.89. The Hall–Kier alpha value is -0.950. The summed E-state index contributed by atoms with van der Waals surface area (Å²) in [6.07, 6.45) is 2.05. The summed E-state index contributed by atoms with van der Waals surface area (Å²) in [5.41, 5.74) is 1.29. The molecular formula is C16H25N3O2S. The lowest BCUT2D eigenvalue weighted by atomic mass is 9.87. The Morgan fingerprint density at radius 3 is 2.55 bits per heavy atom. The van der Waals surface area contributed by atoms with E-state index in [0.29, 0.717) is 18.0 Å². The third-order valence-corrected chi connectivity index (χ3v) is 6.65. The summed E-state index contributed by atoms with van der Waals surface area (Å²) in [6.45, 7) is 4.07. The number of benzene rings is 1. The van der Waals surface area contributed by atoms with Gasteiger partial charge in [-0.05, 0) is 56.6 Å². The first-order valence-corrected chi connectivity index (χ1v) is 9.30. The molecule has 1 unspecified atom stereocenters. The van der Waals surface area contributed by atoms with Gasteiger partial charge >= 0.3 is 0 Å². The van der Waals surface area contributed by atoms with E-state index in [-0.39, 0.29) is 5.41 Å². The van der Waals surface area contributed by atoms with Crippen LogP contribution in [-0.2, 0) is 16.6 Å². The predicted molar refractivity (Wildman–Crippen MR) is 87.1 cm³/mol. The van der Waals surface area contributed by atoms with E-state index in [1.165, 1.54) is 0 Å². The summed E-state index contributed by atoms with van der Waals surface area (Å²) in [6, 6.07) is 7.31. The molecule has 2 fully saturated rings. The first-order valence-electron chi connectivity index (χ1n) is 7.86. The molecule has 0 bridgehead atoms. The van der Waals surface area contributed by atoms with Gasteiger partial charge in [0, 0.05) is 26.2 Å².